The Labute approximate surface area is 185 Å². The first-order chi connectivity index (χ1) is 15.7. The van der Waals surface area contributed by atoms with Crippen LogP contribution in [0.5, 0.6) is 0 Å². The fourth-order valence-electron chi connectivity index (χ4n) is 5.51. The topological polar surface area (TPSA) is 17.0 Å². The molecule has 0 aliphatic rings. The molecular formula is C30H21N2+. The summed E-state index contributed by atoms with van der Waals surface area (Å²) in [5.74, 6) is 0. The molecule has 0 atom stereocenters. The van der Waals surface area contributed by atoms with Crippen molar-refractivity contribution in [3.63, 3.8) is 0 Å². The van der Waals surface area contributed by atoms with Crippen LogP contribution in [0.3, 0.4) is 0 Å². The van der Waals surface area contributed by atoms with Gasteiger partial charge in [0.05, 0.1) is 21.5 Å². The van der Waals surface area contributed by atoms with Crippen LogP contribution in [0.1, 0.15) is 11.1 Å². The highest BCUT2D eigenvalue weighted by atomic mass is 14.9. The second-order valence-corrected chi connectivity index (χ2v) is 8.90. The molecule has 2 nitrogen and oxygen atoms in total. The van der Waals surface area contributed by atoms with Crippen molar-refractivity contribution in [2.45, 2.75) is 13.8 Å². The third-order valence-corrected chi connectivity index (χ3v) is 6.75. The van der Waals surface area contributed by atoms with Gasteiger partial charge in [-0.15, -0.1) is 0 Å². The van der Waals surface area contributed by atoms with Gasteiger partial charge in [-0.1, -0.05) is 65.7 Å². The largest absolute Gasteiger partial charge is 0.263 e. The minimum atomic E-state index is 1.20. The maximum atomic E-state index is 4.64. The molecule has 0 unspecified atom stereocenters. The fraction of sp³-hybridized carbons (Fsp3) is 0.0667. The van der Waals surface area contributed by atoms with Crippen molar-refractivity contribution in [3.05, 3.63) is 102 Å². The first kappa shape index (κ1) is 17.6. The minimum Gasteiger partial charge on any atom is -0.263 e. The van der Waals surface area contributed by atoms with Gasteiger partial charge in [-0.3, -0.25) is 4.98 Å². The number of benzene rings is 3. The van der Waals surface area contributed by atoms with E-state index >= 15 is 0 Å². The summed E-state index contributed by atoms with van der Waals surface area (Å²) in [6.07, 6.45) is 4.03. The van der Waals surface area contributed by atoms with Gasteiger partial charge in [-0.25, -0.2) is 0 Å². The summed E-state index contributed by atoms with van der Waals surface area (Å²) in [4.78, 5) is 4.64. The normalized spacial score (nSPS) is 12.1. The molecule has 0 radical (unpaired) electrons. The van der Waals surface area contributed by atoms with E-state index in [4.69, 9.17) is 0 Å². The van der Waals surface area contributed by atoms with Crippen LogP contribution in [-0.4, -0.2) is 4.98 Å². The van der Waals surface area contributed by atoms with Gasteiger partial charge in [-0.2, -0.15) is 4.40 Å². The third-order valence-electron chi connectivity index (χ3n) is 6.75. The Morgan fingerprint density at radius 1 is 0.531 bits per heavy atom. The van der Waals surface area contributed by atoms with E-state index in [1.54, 1.807) is 0 Å². The Hall–Kier alpha value is -4.04. The lowest BCUT2D eigenvalue weighted by molar-refractivity contribution is -0.448. The van der Waals surface area contributed by atoms with Gasteiger partial charge in [0, 0.05) is 35.3 Å². The van der Waals surface area contributed by atoms with Gasteiger partial charge < -0.3 is 0 Å². The molecule has 2 heteroatoms. The van der Waals surface area contributed by atoms with Crippen molar-refractivity contribution in [2.75, 3.05) is 0 Å². The summed E-state index contributed by atoms with van der Waals surface area (Å²) in [7, 11) is 0. The molecule has 32 heavy (non-hydrogen) atoms. The highest BCUT2D eigenvalue weighted by molar-refractivity contribution is 6.20. The highest BCUT2D eigenvalue weighted by Crippen LogP contribution is 2.36. The molecule has 0 N–H and O–H groups in total. The summed E-state index contributed by atoms with van der Waals surface area (Å²) in [6, 6.07) is 29.0. The Morgan fingerprint density at radius 2 is 1.00 bits per heavy atom. The monoisotopic (exact) mass is 409 g/mol. The molecule has 0 bridgehead atoms. The van der Waals surface area contributed by atoms with E-state index in [1.165, 1.54) is 71.1 Å². The number of nitrogens with zero attached hydrogens (tertiary/aromatic N) is 2. The molecule has 0 amide bonds. The van der Waals surface area contributed by atoms with Gasteiger partial charge >= 0.3 is 0 Å². The average Bonchev–Trinajstić information content (AvgIpc) is 2.82. The minimum absolute atomic E-state index is 1.20. The summed E-state index contributed by atoms with van der Waals surface area (Å²) in [5, 5.41) is 7.41. The molecular weight excluding hydrogens is 388 g/mol. The van der Waals surface area contributed by atoms with Gasteiger partial charge in [0.25, 0.3) is 0 Å². The standard InChI is InChI=1S/C30H21N2/c1-18-11-19(2)13-20(12-18)21-14-28-24-9-5-3-7-22(24)26-16-31-17-27-23-8-4-6-10-25(23)29(15-21)32(28)30(26)27/h3-17H,1-2H3/q+1. The first-order valence-corrected chi connectivity index (χ1v) is 11.1. The predicted molar refractivity (Wildman–Crippen MR) is 134 cm³/mol. The molecule has 0 spiro atoms. The van der Waals surface area contributed by atoms with Crippen LogP contribution in [0.4, 0.5) is 0 Å². The first-order valence-electron chi connectivity index (χ1n) is 11.1. The molecule has 0 aliphatic carbocycles. The molecule has 4 heterocycles. The van der Waals surface area contributed by atoms with Crippen molar-refractivity contribution in [1.29, 1.82) is 0 Å². The van der Waals surface area contributed by atoms with E-state index in [0.29, 0.717) is 0 Å². The number of hydrogen-bond acceptors (Lipinski definition) is 1. The zero-order valence-corrected chi connectivity index (χ0v) is 18.1. The lowest BCUT2D eigenvalue weighted by atomic mass is 9.95. The van der Waals surface area contributed by atoms with Crippen LogP contribution in [0.25, 0.3) is 60.0 Å². The third kappa shape index (κ3) is 2.29. The molecule has 0 saturated heterocycles. The van der Waals surface area contributed by atoms with Crippen molar-refractivity contribution in [2.24, 2.45) is 0 Å². The smallest absolute Gasteiger partial charge is 0.230 e. The van der Waals surface area contributed by atoms with E-state index in [-0.39, 0.29) is 0 Å². The van der Waals surface area contributed by atoms with E-state index in [1.807, 2.05) is 12.4 Å². The highest BCUT2D eigenvalue weighted by Gasteiger charge is 2.25. The van der Waals surface area contributed by atoms with Gasteiger partial charge in [0.1, 0.15) is 0 Å². The number of aromatic nitrogens is 2. The van der Waals surface area contributed by atoms with E-state index in [2.05, 4.69) is 102 Å². The fourth-order valence-corrected chi connectivity index (χ4v) is 5.51. The van der Waals surface area contributed by atoms with Gasteiger partial charge in [-0.05, 0) is 37.1 Å². The van der Waals surface area contributed by atoms with Crippen molar-refractivity contribution < 1.29 is 4.40 Å². The molecule has 0 aliphatic heterocycles. The lowest BCUT2D eigenvalue weighted by Crippen LogP contribution is -2.26. The van der Waals surface area contributed by atoms with Crippen LogP contribution < -0.4 is 4.40 Å². The summed E-state index contributed by atoms with van der Waals surface area (Å²) in [5.41, 5.74) is 8.82. The summed E-state index contributed by atoms with van der Waals surface area (Å²) in [6.45, 7) is 4.35. The summed E-state index contributed by atoms with van der Waals surface area (Å²) < 4.78 is 2.45. The molecule has 150 valence electrons. The number of rotatable bonds is 1. The van der Waals surface area contributed by atoms with Crippen LogP contribution in [0.2, 0.25) is 0 Å². The molecule has 4 aromatic heterocycles. The predicted octanol–water partition coefficient (Wildman–Crippen LogP) is 7.15. The van der Waals surface area contributed by atoms with E-state index < -0.39 is 0 Å². The van der Waals surface area contributed by atoms with Gasteiger partial charge in [0.15, 0.2) is 0 Å². The van der Waals surface area contributed by atoms with Crippen LogP contribution in [0.15, 0.2) is 91.3 Å². The van der Waals surface area contributed by atoms with Crippen LogP contribution in [0, 0.1) is 13.8 Å². The maximum absolute atomic E-state index is 4.64. The SMILES string of the molecule is Cc1cc(C)cc(-c2cc3c4ccccc4c4cncc5c6ccccc6c(c2)[n+]3c45)c1. The zero-order chi connectivity index (χ0) is 21.4. The van der Waals surface area contributed by atoms with Crippen molar-refractivity contribution >= 4 is 48.9 Å². The molecule has 7 aromatic rings. The van der Waals surface area contributed by atoms with Crippen LogP contribution >= 0.6 is 0 Å². The lowest BCUT2D eigenvalue weighted by Gasteiger charge is -2.13. The Kier molecular flexibility index (Phi) is 3.44. The molecule has 7 rings (SSSR count). The van der Waals surface area contributed by atoms with Gasteiger partial charge in [0.2, 0.25) is 16.6 Å². The zero-order valence-electron chi connectivity index (χ0n) is 18.1. The Morgan fingerprint density at radius 3 is 1.53 bits per heavy atom. The quantitative estimate of drug-likeness (QED) is 0.160. The van der Waals surface area contributed by atoms with Crippen LogP contribution in [-0.2, 0) is 0 Å². The molecule has 3 aromatic carbocycles. The second-order valence-electron chi connectivity index (χ2n) is 8.90. The summed E-state index contributed by atoms with van der Waals surface area (Å²) >= 11 is 0. The Bertz CT molecular complexity index is 1720. The number of hydrogen-bond donors (Lipinski definition) is 0. The van der Waals surface area contributed by atoms with E-state index in [9.17, 15) is 0 Å². The maximum Gasteiger partial charge on any atom is 0.230 e. The average molecular weight is 410 g/mol. The van der Waals surface area contributed by atoms with Crippen molar-refractivity contribution in [3.8, 4) is 11.1 Å². The van der Waals surface area contributed by atoms with Crippen molar-refractivity contribution in [1.82, 2.24) is 4.98 Å². The molecule has 0 saturated carbocycles. The van der Waals surface area contributed by atoms with E-state index in [0.717, 1.165) is 0 Å². The number of fused-ring (bicyclic) bond motifs is 6. The molecule has 0 fully saturated rings. The Balaban J connectivity index is 1.81. The number of pyridine rings is 4. The number of aryl methyl sites for hydroxylation is 2. The second kappa shape index (κ2) is 6.24.